The number of halogens is 1. The van der Waals surface area contributed by atoms with Gasteiger partial charge in [-0.25, -0.2) is 0 Å². The van der Waals surface area contributed by atoms with Gasteiger partial charge in [0.05, 0.1) is 11.7 Å². The number of hydrogen-bond donors (Lipinski definition) is 0. The Labute approximate surface area is 108 Å². The number of ether oxygens (including phenoxy) is 1. The predicted octanol–water partition coefficient (Wildman–Crippen LogP) is 1.65. The third kappa shape index (κ3) is 2.41. The van der Waals surface area contributed by atoms with Gasteiger partial charge in [-0.3, -0.25) is 4.79 Å². The normalized spacial score (nSPS) is 10.1. The van der Waals surface area contributed by atoms with Gasteiger partial charge in [0.15, 0.2) is 5.15 Å². The number of nitrogens with zero attached hydrogens (tertiary/aromatic N) is 4. The second-order valence-corrected chi connectivity index (χ2v) is 3.76. The van der Waals surface area contributed by atoms with E-state index in [1.165, 1.54) is 18.3 Å². The van der Waals surface area contributed by atoms with Gasteiger partial charge in [0.25, 0.3) is 11.3 Å². The molecular weight excluding hydrogens is 284 g/mol. The summed E-state index contributed by atoms with van der Waals surface area (Å²) in [6.07, 6.45) is 1.23. The highest BCUT2D eigenvalue weighted by Crippen LogP contribution is 2.26. The molecule has 18 heavy (non-hydrogen) atoms. The summed E-state index contributed by atoms with van der Waals surface area (Å²) in [5.74, 6) is -1.09. The van der Waals surface area contributed by atoms with Gasteiger partial charge in [0.2, 0.25) is 5.75 Å². The van der Waals surface area contributed by atoms with Crippen LogP contribution < -0.4 is 10.2 Å². The number of aromatic nitrogens is 3. The first-order valence-electron chi connectivity index (χ1n) is 4.39. The lowest BCUT2D eigenvalue weighted by Gasteiger charge is -2.02. The molecule has 0 amide bonds. The summed E-state index contributed by atoms with van der Waals surface area (Å²) in [5.41, 5.74) is -0.742. The van der Waals surface area contributed by atoms with E-state index in [-0.39, 0.29) is 16.8 Å². The number of pyridine rings is 1. The molecule has 0 saturated heterocycles. The van der Waals surface area contributed by atoms with E-state index in [0.29, 0.717) is 11.7 Å². The predicted molar refractivity (Wildman–Crippen MR) is 62.2 cm³/mol. The van der Waals surface area contributed by atoms with Crippen LogP contribution >= 0.6 is 23.3 Å². The fourth-order valence-corrected chi connectivity index (χ4v) is 1.60. The molecule has 92 valence electrons. The van der Waals surface area contributed by atoms with Crippen LogP contribution in [0.15, 0.2) is 23.1 Å². The van der Waals surface area contributed by atoms with Gasteiger partial charge in [0, 0.05) is 0 Å². The monoisotopic (exact) mass is 286 g/mol. The molecule has 0 aliphatic rings. The summed E-state index contributed by atoms with van der Waals surface area (Å²) in [6, 6.07) is 2.73. The van der Waals surface area contributed by atoms with Gasteiger partial charge in [-0.1, -0.05) is 11.6 Å². The van der Waals surface area contributed by atoms with Crippen molar-refractivity contribution in [1.29, 1.82) is 0 Å². The van der Waals surface area contributed by atoms with Crippen LogP contribution in [-0.4, -0.2) is 18.7 Å². The lowest BCUT2D eigenvalue weighted by Crippen LogP contribution is -2.08. The Balaban J connectivity index is 2.44. The van der Waals surface area contributed by atoms with Crippen LogP contribution in [0, 0.1) is 10.1 Å². The summed E-state index contributed by atoms with van der Waals surface area (Å²) in [5, 5.41) is 10.4. The molecule has 2 heterocycles. The zero-order valence-electron chi connectivity index (χ0n) is 8.44. The van der Waals surface area contributed by atoms with E-state index in [4.69, 9.17) is 16.3 Å². The molecule has 2 rings (SSSR count). The van der Waals surface area contributed by atoms with Crippen molar-refractivity contribution in [1.82, 2.24) is 13.7 Å². The van der Waals surface area contributed by atoms with Crippen molar-refractivity contribution >= 4 is 29.1 Å². The zero-order valence-corrected chi connectivity index (χ0v) is 10.0. The molecular formula is C8H3ClN4O4S. The standard InChI is InChI=1S/C8H3ClN4O4S/c9-6-5(14)8(12-18-11-6)17-4-2-1-3-10-7(4)13(15)16/h1-3H. The molecule has 0 aliphatic carbocycles. The van der Waals surface area contributed by atoms with Gasteiger partial charge in [0.1, 0.15) is 6.20 Å². The van der Waals surface area contributed by atoms with Gasteiger partial charge < -0.3 is 14.9 Å². The third-order valence-corrected chi connectivity index (χ3v) is 2.62. The Kier molecular flexibility index (Phi) is 3.44. The van der Waals surface area contributed by atoms with Crippen LogP contribution in [0.3, 0.4) is 0 Å². The number of hydrogen-bond acceptors (Lipinski definition) is 8. The van der Waals surface area contributed by atoms with E-state index >= 15 is 0 Å². The maximum atomic E-state index is 11.5. The molecule has 0 radical (unpaired) electrons. The summed E-state index contributed by atoms with van der Waals surface area (Å²) >= 11 is 6.16. The third-order valence-electron chi connectivity index (χ3n) is 1.76. The molecule has 0 bridgehead atoms. The highest BCUT2D eigenvalue weighted by molar-refractivity contribution is 6.99. The van der Waals surface area contributed by atoms with Gasteiger partial charge in [-0.15, -0.1) is 4.37 Å². The first kappa shape index (κ1) is 12.3. The van der Waals surface area contributed by atoms with Crippen molar-refractivity contribution < 1.29 is 9.66 Å². The molecule has 0 aliphatic heterocycles. The quantitative estimate of drug-likeness (QED) is 0.623. The van der Waals surface area contributed by atoms with E-state index < -0.39 is 16.2 Å². The lowest BCUT2D eigenvalue weighted by atomic mass is 10.4. The highest BCUT2D eigenvalue weighted by atomic mass is 35.5. The van der Waals surface area contributed by atoms with Crippen LogP contribution in [0.25, 0.3) is 0 Å². The molecule has 0 atom stereocenters. The van der Waals surface area contributed by atoms with Gasteiger partial charge in [-0.2, -0.15) is 4.37 Å². The minimum atomic E-state index is -0.742. The fourth-order valence-electron chi connectivity index (χ4n) is 1.03. The Morgan fingerprint density at radius 1 is 1.44 bits per heavy atom. The maximum Gasteiger partial charge on any atom is 0.406 e. The van der Waals surface area contributed by atoms with E-state index in [1.807, 2.05) is 0 Å². The molecule has 10 heteroatoms. The first-order chi connectivity index (χ1) is 8.59. The van der Waals surface area contributed by atoms with Crippen molar-refractivity contribution in [3.63, 3.8) is 0 Å². The molecule has 0 spiro atoms. The second-order valence-electron chi connectivity index (χ2n) is 2.87. The number of nitro groups is 1. The summed E-state index contributed by atoms with van der Waals surface area (Å²) in [7, 11) is 0. The number of rotatable bonds is 3. The SMILES string of the molecule is O=c1c(Cl)nsnc1Oc1cccnc1[N+](=O)[O-]. The average molecular weight is 287 g/mol. The Hall–Kier alpha value is -2.13. The summed E-state index contributed by atoms with van der Waals surface area (Å²) in [4.78, 5) is 25.0. The van der Waals surface area contributed by atoms with Crippen LogP contribution in [0.4, 0.5) is 5.82 Å². The minimum Gasteiger partial charge on any atom is -0.426 e. The van der Waals surface area contributed by atoms with Crippen LogP contribution in [0.1, 0.15) is 0 Å². The Morgan fingerprint density at radius 2 is 2.22 bits per heavy atom. The molecule has 0 saturated carbocycles. The highest BCUT2D eigenvalue weighted by Gasteiger charge is 2.19. The molecule has 2 aromatic heterocycles. The van der Waals surface area contributed by atoms with Crippen molar-refractivity contribution in [2.24, 2.45) is 0 Å². The Morgan fingerprint density at radius 3 is 2.94 bits per heavy atom. The van der Waals surface area contributed by atoms with Crippen molar-refractivity contribution in [2.75, 3.05) is 0 Å². The largest absolute Gasteiger partial charge is 0.426 e. The lowest BCUT2D eigenvalue weighted by molar-refractivity contribution is -0.390. The average Bonchev–Trinajstić information content (AvgIpc) is 2.35. The first-order valence-corrected chi connectivity index (χ1v) is 5.50. The van der Waals surface area contributed by atoms with Crippen LogP contribution in [0.5, 0.6) is 11.6 Å². The summed E-state index contributed by atoms with van der Waals surface area (Å²) < 4.78 is 12.1. The van der Waals surface area contributed by atoms with Crippen LogP contribution in [-0.2, 0) is 0 Å². The molecule has 2 aromatic rings. The summed E-state index contributed by atoms with van der Waals surface area (Å²) in [6.45, 7) is 0. The topological polar surface area (TPSA) is 108 Å². The fraction of sp³-hybridized carbons (Fsp3) is 0. The zero-order chi connectivity index (χ0) is 13.1. The van der Waals surface area contributed by atoms with Crippen LogP contribution in [0.2, 0.25) is 5.15 Å². The molecule has 0 fully saturated rings. The molecule has 0 aromatic carbocycles. The van der Waals surface area contributed by atoms with Crippen molar-refractivity contribution in [2.45, 2.75) is 0 Å². The smallest absolute Gasteiger partial charge is 0.406 e. The maximum absolute atomic E-state index is 11.5. The van der Waals surface area contributed by atoms with Gasteiger partial charge >= 0.3 is 5.82 Å². The molecule has 8 nitrogen and oxygen atoms in total. The second kappa shape index (κ2) is 5.02. The van der Waals surface area contributed by atoms with Crippen molar-refractivity contribution in [3.05, 3.63) is 43.8 Å². The molecule has 0 N–H and O–H groups in total. The van der Waals surface area contributed by atoms with E-state index in [9.17, 15) is 14.9 Å². The van der Waals surface area contributed by atoms with Gasteiger partial charge in [-0.05, 0) is 22.0 Å². The van der Waals surface area contributed by atoms with E-state index in [0.717, 1.165) is 0 Å². The van der Waals surface area contributed by atoms with Crippen molar-refractivity contribution in [3.8, 4) is 11.6 Å². The molecule has 0 unspecified atom stereocenters. The Bertz CT molecular complexity index is 662. The van der Waals surface area contributed by atoms with E-state index in [1.54, 1.807) is 0 Å². The van der Waals surface area contributed by atoms with E-state index in [2.05, 4.69) is 13.7 Å². The minimum absolute atomic E-state index is 0.193.